The number of carboxylic acid groups (broad SMARTS) is 1. The maximum Gasteiger partial charge on any atom is 0.407 e. The van der Waals surface area contributed by atoms with E-state index in [2.05, 4.69) is 25.9 Å². The van der Waals surface area contributed by atoms with Gasteiger partial charge in [0, 0.05) is 37.2 Å². The molecule has 1 heterocycles. The fourth-order valence-electron chi connectivity index (χ4n) is 4.84. The van der Waals surface area contributed by atoms with E-state index in [1.54, 1.807) is 6.20 Å². The van der Waals surface area contributed by atoms with E-state index in [0.717, 1.165) is 22.3 Å². The summed E-state index contributed by atoms with van der Waals surface area (Å²) in [6.07, 6.45) is 1.74. The predicted octanol–water partition coefficient (Wildman–Crippen LogP) is 2.98. The number of carbonyl (C=O) groups is 4. The second kappa shape index (κ2) is 13.6. The second-order valence-corrected chi connectivity index (χ2v) is 10.4. The Balaban J connectivity index is 1.43. The van der Waals surface area contributed by atoms with Crippen LogP contribution in [-0.2, 0) is 25.5 Å². The van der Waals surface area contributed by atoms with E-state index >= 15 is 0 Å². The predicted molar refractivity (Wildman–Crippen MR) is 151 cm³/mol. The van der Waals surface area contributed by atoms with Crippen molar-refractivity contribution in [3.8, 4) is 11.1 Å². The average molecular weight is 562 g/mol. The van der Waals surface area contributed by atoms with Crippen molar-refractivity contribution in [2.75, 3.05) is 13.2 Å². The van der Waals surface area contributed by atoms with Gasteiger partial charge in [0.1, 0.15) is 18.7 Å². The molecule has 11 nitrogen and oxygen atoms in total. The van der Waals surface area contributed by atoms with Crippen molar-refractivity contribution in [1.82, 2.24) is 25.9 Å². The first-order valence-corrected chi connectivity index (χ1v) is 13.6. The Labute approximate surface area is 238 Å². The Kier molecular flexibility index (Phi) is 9.73. The summed E-state index contributed by atoms with van der Waals surface area (Å²) in [6.45, 7) is 4.34. The number of aromatic amines is 1. The highest BCUT2D eigenvalue weighted by molar-refractivity contribution is 5.91. The molecular weight excluding hydrogens is 526 g/mol. The van der Waals surface area contributed by atoms with Crippen LogP contribution in [0.15, 0.2) is 61.1 Å². The normalized spacial score (nSPS) is 13.5. The highest BCUT2D eigenvalue weighted by Crippen LogP contribution is 2.44. The van der Waals surface area contributed by atoms with Crippen LogP contribution in [0.2, 0.25) is 0 Å². The second-order valence-electron chi connectivity index (χ2n) is 10.4. The molecule has 0 saturated carbocycles. The number of hydrogen-bond donors (Lipinski definition) is 5. The molecular formula is C30H35N5O6. The molecule has 3 amide bonds. The Morgan fingerprint density at radius 3 is 2.20 bits per heavy atom. The van der Waals surface area contributed by atoms with Crippen molar-refractivity contribution in [3.05, 3.63) is 77.9 Å². The Hall–Kier alpha value is -4.67. The third kappa shape index (κ3) is 7.71. The number of ether oxygens (including phenoxy) is 1. The number of fused-ring (bicyclic) bond motifs is 3. The van der Waals surface area contributed by atoms with Crippen molar-refractivity contribution in [2.24, 2.45) is 5.92 Å². The SMILES string of the molecule is CC(C)CNC(=O)[C@@H](Cc1cnc[nH]1)NC(=O)[C@H](CCC(=O)O)NC(=O)OCC1c2ccccc2-c2ccccc21. The lowest BCUT2D eigenvalue weighted by Gasteiger charge is -2.23. The molecule has 2 atom stereocenters. The fourth-order valence-corrected chi connectivity index (χ4v) is 4.84. The van der Waals surface area contributed by atoms with E-state index in [1.165, 1.54) is 6.33 Å². The third-order valence-electron chi connectivity index (χ3n) is 6.90. The van der Waals surface area contributed by atoms with Gasteiger partial charge in [0.2, 0.25) is 11.8 Å². The number of H-pyrrole nitrogens is 1. The zero-order valence-electron chi connectivity index (χ0n) is 23.1. The van der Waals surface area contributed by atoms with E-state index in [9.17, 15) is 24.3 Å². The van der Waals surface area contributed by atoms with E-state index in [-0.39, 0.29) is 37.7 Å². The largest absolute Gasteiger partial charge is 0.481 e. The van der Waals surface area contributed by atoms with Crippen molar-refractivity contribution in [3.63, 3.8) is 0 Å². The van der Waals surface area contributed by atoms with Crippen molar-refractivity contribution in [2.45, 2.75) is 51.1 Å². The Morgan fingerprint density at radius 1 is 0.951 bits per heavy atom. The van der Waals surface area contributed by atoms with Gasteiger partial charge in [-0.15, -0.1) is 0 Å². The van der Waals surface area contributed by atoms with Crippen LogP contribution < -0.4 is 16.0 Å². The number of benzene rings is 2. The zero-order chi connectivity index (χ0) is 29.4. The van der Waals surface area contributed by atoms with Crippen molar-refractivity contribution >= 4 is 23.9 Å². The van der Waals surface area contributed by atoms with Crippen LogP contribution in [-0.4, -0.2) is 64.2 Å². The molecule has 1 aliphatic rings. The number of nitrogens with one attached hydrogen (secondary N) is 4. The maximum atomic E-state index is 13.3. The number of nitrogens with zero attached hydrogens (tertiary/aromatic N) is 1. The van der Waals surface area contributed by atoms with Gasteiger partial charge in [0.25, 0.3) is 0 Å². The molecule has 4 rings (SSSR count). The van der Waals surface area contributed by atoms with Gasteiger partial charge in [-0.25, -0.2) is 9.78 Å². The lowest BCUT2D eigenvalue weighted by atomic mass is 9.98. The number of rotatable bonds is 13. The van der Waals surface area contributed by atoms with E-state index in [1.807, 2.05) is 62.4 Å². The van der Waals surface area contributed by atoms with E-state index < -0.39 is 36.0 Å². The molecule has 216 valence electrons. The summed E-state index contributed by atoms with van der Waals surface area (Å²) in [5.41, 5.74) is 4.86. The Morgan fingerprint density at radius 2 is 1.61 bits per heavy atom. The molecule has 0 saturated heterocycles. The number of alkyl carbamates (subject to hydrolysis) is 1. The zero-order valence-corrected chi connectivity index (χ0v) is 23.1. The van der Waals surface area contributed by atoms with Crippen LogP contribution in [0.1, 0.15) is 49.4 Å². The minimum absolute atomic E-state index is 0.0349. The third-order valence-corrected chi connectivity index (χ3v) is 6.90. The number of carboxylic acids is 1. The number of aromatic nitrogens is 2. The summed E-state index contributed by atoms with van der Waals surface area (Å²) < 4.78 is 5.56. The van der Waals surface area contributed by atoms with Gasteiger partial charge in [-0.05, 0) is 34.6 Å². The number of imidazole rings is 1. The lowest BCUT2D eigenvalue weighted by Crippen LogP contribution is -2.55. The first kappa shape index (κ1) is 29.3. The lowest BCUT2D eigenvalue weighted by molar-refractivity contribution is -0.137. The summed E-state index contributed by atoms with van der Waals surface area (Å²) >= 11 is 0. The van der Waals surface area contributed by atoms with Crippen molar-refractivity contribution < 1.29 is 29.0 Å². The van der Waals surface area contributed by atoms with Crippen LogP contribution in [0.5, 0.6) is 0 Å². The fraction of sp³-hybridized carbons (Fsp3) is 0.367. The van der Waals surface area contributed by atoms with Gasteiger partial charge in [-0.1, -0.05) is 62.4 Å². The quantitative estimate of drug-likeness (QED) is 0.214. The minimum atomic E-state index is -1.23. The molecule has 0 fully saturated rings. The standard InChI is InChI=1S/C30H35N5O6/c1-18(2)14-32-28(38)26(13-19-15-31-17-33-19)34-29(39)25(11-12-27(36)37)35-30(40)41-16-24-22-9-5-3-7-20(22)21-8-4-6-10-23(21)24/h3-10,15,17-18,24-26H,11-14,16H2,1-2H3,(H,31,33)(H,32,38)(H,34,39)(H,35,40)(H,36,37)/t25-,26+/m0/s1. The van der Waals surface area contributed by atoms with E-state index in [0.29, 0.717) is 12.2 Å². The molecule has 0 aliphatic heterocycles. The summed E-state index contributed by atoms with van der Waals surface area (Å²) in [7, 11) is 0. The molecule has 1 aliphatic carbocycles. The van der Waals surface area contributed by atoms with Gasteiger partial charge in [0.15, 0.2) is 0 Å². The van der Waals surface area contributed by atoms with Crippen molar-refractivity contribution in [1.29, 1.82) is 0 Å². The summed E-state index contributed by atoms with van der Waals surface area (Å²) in [5.74, 6) is -2.20. The number of carbonyl (C=O) groups excluding carboxylic acids is 3. The molecule has 41 heavy (non-hydrogen) atoms. The first-order chi connectivity index (χ1) is 19.7. The van der Waals surface area contributed by atoms with Gasteiger partial charge in [-0.3, -0.25) is 14.4 Å². The number of amides is 3. The van der Waals surface area contributed by atoms with Gasteiger partial charge < -0.3 is 30.8 Å². The maximum absolute atomic E-state index is 13.3. The van der Waals surface area contributed by atoms with Gasteiger partial charge in [0.05, 0.1) is 6.33 Å². The molecule has 0 bridgehead atoms. The monoisotopic (exact) mass is 561 g/mol. The smallest absolute Gasteiger partial charge is 0.407 e. The molecule has 11 heteroatoms. The highest BCUT2D eigenvalue weighted by atomic mass is 16.5. The van der Waals surface area contributed by atoms with E-state index in [4.69, 9.17) is 4.74 Å². The van der Waals surface area contributed by atoms with Crippen LogP contribution >= 0.6 is 0 Å². The average Bonchev–Trinajstić information content (AvgIpc) is 3.58. The molecule has 0 spiro atoms. The molecule has 0 unspecified atom stereocenters. The summed E-state index contributed by atoms with van der Waals surface area (Å²) in [6, 6.07) is 13.6. The molecule has 0 radical (unpaired) electrons. The number of aliphatic carboxylic acids is 1. The highest BCUT2D eigenvalue weighted by Gasteiger charge is 2.31. The topological polar surface area (TPSA) is 163 Å². The van der Waals surface area contributed by atoms with Crippen LogP contribution in [0.4, 0.5) is 4.79 Å². The van der Waals surface area contributed by atoms with Crippen LogP contribution in [0.3, 0.4) is 0 Å². The molecule has 3 aromatic rings. The summed E-state index contributed by atoms with van der Waals surface area (Å²) in [5, 5.41) is 17.2. The van der Waals surface area contributed by atoms with Gasteiger partial charge in [-0.2, -0.15) is 0 Å². The number of hydrogen-bond acceptors (Lipinski definition) is 6. The van der Waals surface area contributed by atoms with Gasteiger partial charge >= 0.3 is 12.1 Å². The molecule has 1 aromatic heterocycles. The van der Waals surface area contributed by atoms with Crippen LogP contribution in [0, 0.1) is 5.92 Å². The minimum Gasteiger partial charge on any atom is -0.481 e. The molecule has 2 aromatic carbocycles. The molecule has 5 N–H and O–H groups in total. The van der Waals surface area contributed by atoms with Crippen LogP contribution in [0.25, 0.3) is 11.1 Å². The Bertz CT molecular complexity index is 1330. The first-order valence-electron chi connectivity index (χ1n) is 13.6. The summed E-state index contributed by atoms with van der Waals surface area (Å²) in [4.78, 5) is 57.2.